The molecule has 0 unspecified atom stereocenters. The van der Waals surface area contributed by atoms with Crippen LogP contribution in [0.3, 0.4) is 0 Å². The molecule has 1 aliphatic carbocycles. The van der Waals surface area contributed by atoms with E-state index in [2.05, 4.69) is 96.5 Å². The summed E-state index contributed by atoms with van der Waals surface area (Å²) in [6.07, 6.45) is 4.72. The Morgan fingerprint density at radius 3 is 1.89 bits per heavy atom. The summed E-state index contributed by atoms with van der Waals surface area (Å²) in [6.45, 7) is 21.8. The molecule has 0 saturated heterocycles. The maximum absolute atomic E-state index is 2.55. The number of allylic oxidation sites excluding steroid dienone is 1. The van der Waals surface area contributed by atoms with Crippen molar-refractivity contribution in [1.29, 1.82) is 0 Å². The quantitative estimate of drug-likeness (QED) is 0.491. The van der Waals surface area contributed by atoms with Crippen molar-refractivity contribution in [1.82, 2.24) is 0 Å². The Hall–Kier alpha value is -1.39. The minimum atomic E-state index is -1.39. The maximum Gasteiger partial charge on any atom is 0.0776 e. The minimum absolute atomic E-state index is 0.621. The second kappa shape index (κ2) is 7.46. The fourth-order valence-electron chi connectivity index (χ4n) is 4.13. The Labute approximate surface area is 175 Å². The lowest BCUT2D eigenvalue weighted by Crippen LogP contribution is -2.45. The predicted octanol–water partition coefficient (Wildman–Crippen LogP) is 6.60. The first kappa shape index (κ1) is 21.3. The SMILES string of the molecule is CCc1ccc2c(c1-c1cc([Si](C)(C)C)cc([Si](C)(C)C)c1)C=C(C(C)C)C2. The molecule has 0 aliphatic heterocycles. The van der Waals surface area contributed by atoms with Crippen LogP contribution < -0.4 is 10.4 Å². The fourth-order valence-corrected chi connectivity index (χ4v) is 6.63. The first-order valence-electron chi connectivity index (χ1n) is 10.9. The molecule has 0 N–H and O–H groups in total. The summed E-state index contributed by atoms with van der Waals surface area (Å²) in [7, 11) is -2.77. The molecule has 0 fully saturated rings. The zero-order chi connectivity index (χ0) is 20.9. The second-order valence-corrected chi connectivity index (χ2v) is 21.0. The van der Waals surface area contributed by atoms with Crippen LogP contribution in [0, 0.1) is 5.92 Å². The van der Waals surface area contributed by atoms with E-state index < -0.39 is 16.1 Å². The lowest BCUT2D eigenvalue weighted by molar-refractivity contribution is 0.754. The number of hydrogen-bond acceptors (Lipinski definition) is 0. The zero-order valence-electron chi connectivity index (χ0n) is 19.5. The molecule has 2 aromatic carbocycles. The van der Waals surface area contributed by atoms with Crippen LogP contribution >= 0.6 is 0 Å². The van der Waals surface area contributed by atoms with E-state index in [4.69, 9.17) is 0 Å². The van der Waals surface area contributed by atoms with Gasteiger partial charge in [0.15, 0.2) is 0 Å². The Kier molecular flexibility index (Phi) is 5.68. The van der Waals surface area contributed by atoms with Crippen molar-refractivity contribution in [3.63, 3.8) is 0 Å². The van der Waals surface area contributed by atoms with Gasteiger partial charge in [0.25, 0.3) is 0 Å². The van der Waals surface area contributed by atoms with E-state index in [1.54, 1.807) is 15.9 Å². The zero-order valence-corrected chi connectivity index (χ0v) is 21.5. The predicted molar refractivity (Wildman–Crippen MR) is 134 cm³/mol. The standard InChI is InChI=1S/C26H38Si2/c1-10-19-11-12-20-13-21(18(2)3)16-25(20)26(19)22-14-23(27(4,5)6)17-24(15-22)28(7,8)9/h11-12,14-18H,10,13H2,1-9H3. The van der Waals surface area contributed by atoms with Crippen molar-refractivity contribution in [2.75, 3.05) is 0 Å². The molecule has 0 nitrogen and oxygen atoms in total. The molecule has 150 valence electrons. The van der Waals surface area contributed by atoms with Gasteiger partial charge in [-0.15, -0.1) is 0 Å². The van der Waals surface area contributed by atoms with Gasteiger partial charge in [-0.1, -0.05) is 112 Å². The Balaban J connectivity index is 2.31. The highest BCUT2D eigenvalue weighted by atomic mass is 28.3. The summed E-state index contributed by atoms with van der Waals surface area (Å²) in [4.78, 5) is 0. The normalized spacial score (nSPS) is 14.4. The Bertz CT molecular complexity index is 886. The topological polar surface area (TPSA) is 0 Å². The van der Waals surface area contributed by atoms with Crippen molar-refractivity contribution in [2.24, 2.45) is 5.92 Å². The van der Waals surface area contributed by atoms with E-state index in [-0.39, 0.29) is 0 Å². The third-order valence-corrected chi connectivity index (χ3v) is 10.3. The Morgan fingerprint density at radius 1 is 0.857 bits per heavy atom. The fraction of sp³-hybridized carbons (Fsp3) is 0.462. The van der Waals surface area contributed by atoms with Crippen LogP contribution in [-0.2, 0) is 12.8 Å². The smallest absolute Gasteiger partial charge is 0.0656 e. The second-order valence-electron chi connectivity index (χ2n) is 10.9. The summed E-state index contributed by atoms with van der Waals surface area (Å²) in [5, 5.41) is 3.21. The van der Waals surface area contributed by atoms with Gasteiger partial charge < -0.3 is 0 Å². The molecule has 1 aliphatic rings. The summed E-state index contributed by atoms with van der Waals surface area (Å²) in [5.41, 5.74) is 9.06. The summed E-state index contributed by atoms with van der Waals surface area (Å²) in [5.74, 6) is 0.621. The Morgan fingerprint density at radius 2 is 1.43 bits per heavy atom. The van der Waals surface area contributed by atoms with Gasteiger partial charge in [-0.25, -0.2) is 0 Å². The van der Waals surface area contributed by atoms with E-state index in [0.29, 0.717) is 5.92 Å². The van der Waals surface area contributed by atoms with Crippen molar-refractivity contribution in [3.8, 4) is 11.1 Å². The summed E-state index contributed by atoms with van der Waals surface area (Å²) in [6, 6.07) is 12.4. The van der Waals surface area contributed by atoms with Gasteiger partial charge in [0.1, 0.15) is 0 Å². The van der Waals surface area contributed by atoms with Crippen LogP contribution in [0.4, 0.5) is 0 Å². The lowest BCUT2D eigenvalue weighted by atomic mass is 9.91. The van der Waals surface area contributed by atoms with Gasteiger partial charge in [0, 0.05) is 0 Å². The molecule has 0 heterocycles. The van der Waals surface area contributed by atoms with E-state index in [9.17, 15) is 0 Å². The van der Waals surface area contributed by atoms with Crippen LogP contribution in [0.5, 0.6) is 0 Å². The first-order valence-corrected chi connectivity index (χ1v) is 17.9. The molecule has 0 atom stereocenters. The maximum atomic E-state index is 2.55. The van der Waals surface area contributed by atoms with Gasteiger partial charge >= 0.3 is 0 Å². The molecule has 0 saturated carbocycles. The van der Waals surface area contributed by atoms with Gasteiger partial charge in [-0.3, -0.25) is 0 Å². The van der Waals surface area contributed by atoms with Crippen molar-refractivity contribution >= 4 is 32.6 Å². The highest BCUT2D eigenvalue weighted by molar-refractivity contribution is 6.91. The van der Waals surface area contributed by atoms with Gasteiger partial charge in [0.05, 0.1) is 16.1 Å². The average molecular weight is 407 g/mol. The van der Waals surface area contributed by atoms with Crippen LogP contribution in [0.1, 0.15) is 37.5 Å². The van der Waals surface area contributed by atoms with Crippen LogP contribution in [0.2, 0.25) is 39.3 Å². The highest BCUT2D eigenvalue weighted by Gasteiger charge is 2.26. The van der Waals surface area contributed by atoms with Crippen LogP contribution in [0.15, 0.2) is 35.9 Å². The highest BCUT2D eigenvalue weighted by Crippen LogP contribution is 2.38. The summed E-state index contributed by atoms with van der Waals surface area (Å²) < 4.78 is 0. The van der Waals surface area contributed by atoms with E-state index in [0.717, 1.165) is 12.8 Å². The molecule has 0 spiro atoms. The van der Waals surface area contributed by atoms with E-state index >= 15 is 0 Å². The molecule has 2 aromatic rings. The molecule has 0 bridgehead atoms. The number of rotatable bonds is 5. The molecular formula is C26H38Si2. The molecule has 0 aromatic heterocycles. The largest absolute Gasteiger partial charge is 0.0776 e. The van der Waals surface area contributed by atoms with Gasteiger partial charge in [-0.05, 0) is 46.6 Å². The monoisotopic (exact) mass is 406 g/mol. The van der Waals surface area contributed by atoms with Crippen molar-refractivity contribution in [2.45, 2.75) is 72.9 Å². The van der Waals surface area contributed by atoms with Crippen LogP contribution in [0.25, 0.3) is 17.2 Å². The number of hydrogen-bond donors (Lipinski definition) is 0. The minimum Gasteiger partial charge on any atom is -0.0656 e. The lowest BCUT2D eigenvalue weighted by Gasteiger charge is -2.25. The molecule has 28 heavy (non-hydrogen) atoms. The summed E-state index contributed by atoms with van der Waals surface area (Å²) >= 11 is 0. The molecular weight excluding hydrogens is 368 g/mol. The number of benzene rings is 2. The molecule has 0 radical (unpaired) electrons. The van der Waals surface area contributed by atoms with Crippen LogP contribution in [-0.4, -0.2) is 16.1 Å². The van der Waals surface area contributed by atoms with Crippen molar-refractivity contribution < 1.29 is 0 Å². The molecule has 0 amide bonds. The average Bonchev–Trinajstić information content (AvgIpc) is 3.03. The number of fused-ring (bicyclic) bond motifs is 1. The van der Waals surface area contributed by atoms with Gasteiger partial charge in [-0.2, -0.15) is 0 Å². The van der Waals surface area contributed by atoms with E-state index in [1.165, 1.54) is 27.8 Å². The number of aryl methyl sites for hydroxylation is 1. The third kappa shape index (κ3) is 4.13. The van der Waals surface area contributed by atoms with Gasteiger partial charge in [0.2, 0.25) is 0 Å². The van der Waals surface area contributed by atoms with E-state index in [1.807, 2.05) is 0 Å². The molecule has 2 heteroatoms. The third-order valence-electron chi connectivity index (χ3n) is 6.22. The first-order chi connectivity index (χ1) is 12.9. The van der Waals surface area contributed by atoms with Crippen molar-refractivity contribution in [3.05, 3.63) is 52.6 Å². The molecule has 3 rings (SSSR count).